The van der Waals surface area contributed by atoms with Crippen molar-refractivity contribution in [2.75, 3.05) is 26.8 Å². The van der Waals surface area contributed by atoms with E-state index in [-0.39, 0.29) is 48.9 Å². The van der Waals surface area contributed by atoms with E-state index in [0.29, 0.717) is 24.0 Å². The van der Waals surface area contributed by atoms with Gasteiger partial charge in [0.25, 0.3) is 17.4 Å². The molecule has 2 N–H and O–H groups in total. The summed E-state index contributed by atoms with van der Waals surface area (Å²) >= 11 is 5.88. The summed E-state index contributed by atoms with van der Waals surface area (Å²) in [6, 6.07) is 4.12. The molecule has 0 bridgehead atoms. The van der Waals surface area contributed by atoms with Gasteiger partial charge in [-0.05, 0) is 57.2 Å². The van der Waals surface area contributed by atoms with Crippen molar-refractivity contribution < 1.29 is 28.6 Å². The summed E-state index contributed by atoms with van der Waals surface area (Å²) in [4.78, 5) is 56.6. The molecule has 5 rings (SSSR count). The van der Waals surface area contributed by atoms with Crippen LogP contribution in [0, 0.1) is 5.82 Å². The van der Waals surface area contributed by atoms with Crippen LogP contribution in [0.3, 0.4) is 0 Å². The summed E-state index contributed by atoms with van der Waals surface area (Å²) in [6.07, 6.45) is 1.84. The zero-order chi connectivity index (χ0) is 28.3. The number of benzene rings is 1. The lowest BCUT2D eigenvalue weighted by Crippen LogP contribution is -2.58. The Hall–Kier alpha value is -3.44. The molecule has 39 heavy (non-hydrogen) atoms. The van der Waals surface area contributed by atoms with Crippen LogP contribution >= 0.6 is 11.6 Å². The number of nitrogens with one attached hydrogen (secondary N) is 1. The third-order valence-electron chi connectivity index (χ3n) is 7.75. The zero-order valence-electron chi connectivity index (χ0n) is 22.0. The normalized spacial score (nSPS) is 17.8. The molecule has 0 atom stereocenters. The van der Waals surface area contributed by atoms with E-state index in [2.05, 4.69) is 5.32 Å². The van der Waals surface area contributed by atoms with Crippen molar-refractivity contribution >= 4 is 29.3 Å². The lowest BCUT2D eigenvalue weighted by Gasteiger charge is -2.46. The summed E-state index contributed by atoms with van der Waals surface area (Å²) in [6.45, 7) is 3.86. The van der Waals surface area contributed by atoms with E-state index in [9.17, 15) is 28.7 Å². The van der Waals surface area contributed by atoms with Gasteiger partial charge in [-0.1, -0.05) is 17.7 Å². The lowest BCUT2D eigenvalue weighted by molar-refractivity contribution is -0.127. The number of pyridine rings is 1. The number of carbonyl (C=O) groups is 3. The Morgan fingerprint density at radius 1 is 1.23 bits per heavy atom. The highest BCUT2D eigenvalue weighted by molar-refractivity contribution is 6.30. The molecule has 0 radical (unpaired) electrons. The van der Waals surface area contributed by atoms with Crippen LogP contribution in [-0.2, 0) is 28.2 Å². The third kappa shape index (κ3) is 4.37. The number of aromatic nitrogens is 1. The Bertz CT molecular complexity index is 1450. The molecule has 1 aromatic carbocycles. The summed E-state index contributed by atoms with van der Waals surface area (Å²) in [5.41, 5.74) is -1.86. The Kier molecular flexibility index (Phi) is 6.70. The zero-order valence-corrected chi connectivity index (χ0v) is 22.7. The second-order valence-electron chi connectivity index (χ2n) is 11.0. The van der Waals surface area contributed by atoms with E-state index in [0.717, 1.165) is 6.42 Å². The second kappa shape index (κ2) is 9.63. The van der Waals surface area contributed by atoms with Gasteiger partial charge in [-0.2, -0.15) is 0 Å². The molecule has 1 fully saturated rings. The minimum atomic E-state index is -1.07. The average Bonchev–Trinajstić information content (AvgIpc) is 3.09. The molecule has 0 saturated heterocycles. The molecule has 12 heteroatoms. The second-order valence-corrected chi connectivity index (χ2v) is 11.4. The number of methoxy groups -OCH3 is 1. The standard InChI is InChI=1S/C27H30ClFN4O6/c1-26(2,14-39-3)30-19(34)13-32-24(37)21-16-7-10-31(12-15-5-6-18(29)17(28)11-15)23(36)20(16)22(35)25(38)33(21)27(32)8-4-9-27/h5-6,11,35H,4,7-10,12-14H2,1-3H3,(H,30,34). The van der Waals surface area contributed by atoms with E-state index < -0.39 is 46.0 Å². The van der Waals surface area contributed by atoms with Crippen LogP contribution < -0.4 is 10.9 Å². The number of nitrogens with zero attached hydrogens (tertiary/aromatic N) is 3. The maximum Gasteiger partial charge on any atom is 0.296 e. The summed E-state index contributed by atoms with van der Waals surface area (Å²) < 4.78 is 20.0. The molecular weight excluding hydrogens is 531 g/mol. The quantitative estimate of drug-likeness (QED) is 0.536. The molecular formula is C27H30ClFN4O6. The Morgan fingerprint density at radius 2 is 1.95 bits per heavy atom. The first kappa shape index (κ1) is 27.1. The number of hydrogen-bond donors (Lipinski definition) is 2. The number of halogens is 2. The molecule has 1 aromatic heterocycles. The molecule has 1 aliphatic carbocycles. The number of hydrogen-bond acceptors (Lipinski definition) is 6. The monoisotopic (exact) mass is 560 g/mol. The summed E-state index contributed by atoms with van der Waals surface area (Å²) in [7, 11) is 1.52. The van der Waals surface area contributed by atoms with Crippen LogP contribution in [0.4, 0.5) is 4.39 Å². The Balaban J connectivity index is 1.49. The number of ether oxygens (including phenoxy) is 1. The van der Waals surface area contributed by atoms with Gasteiger partial charge in [-0.25, -0.2) is 4.39 Å². The van der Waals surface area contributed by atoms with E-state index in [4.69, 9.17) is 16.3 Å². The van der Waals surface area contributed by atoms with Crippen molar-refractivity contribution in [3.63, 3.8) is 0 Å². The van der Waals surface area contributed by atoms with Crippen molar-refractivity contribution in [2.24, 2.45) is 0 Å². The third-order valence-corrected chi connectivity index (χ3v) is 8.04. The topological polar surface area (TPSA) is 121 Å². The highest BCUT2D eigenvalue weighted by Gasteiger charge is 2.56. The first-order valence-electron chi connectivity index (χ1n) is 12.8. The molecule has 2 aromatic rings. The fourth-order valence-corrected chi connectivity index (χ4v) is 6.13. The van der Waals surface area contributed by atoms with Crippen molar-refractivity contribution in [2.45, 2.75) is 57.3 Å². The SMILES string of the molecule is COCC(C)(C)NC(=O)CN1C(=O)c2c3c(c(O)c(=O)n2C12CCC2)C(=O)N(Cc1ccc(F)c(Cl)c1)CC3. The lowest BCUT2D eigenvalue weighted by atomic mass is 9.83. The van der Waals surface area contributed by atoms with Gasteiger partial charge >= 0.3 is 0 Å². The van der Waals surface area contributed by atoms with E-state index in [1.807, 2.05) is 0 Å². The minimum Gasteiger partial charge on any atom is -0.502 e. The first-order valence-corrected chi connectivity index (χ1v) is 13.1. The number of aromatic hydroxyl groups is 1. The van der Waals surface area contributed by atoms with Gasteiger partial charge in [-0.15, -0.1) is 0 Å². The molecule has 3 amide bonds. The van der Waals surface area contributed by atoms with E-state index in [1.54, 1.807) is 13.8 Å². The summed E-state index contributed by atoms with van der Waals surface area (Å²) in [5, 5.41) is 13.8. The van der Waals surface area contributed by atoms with Gasteiger partial charge in [0.15, 0.2) is 5.75 Å². The highest BCUT2D eigenvalue weighted by atomic mass is 35.5. The van der Waals surface area contributed by atoms with Crippen molar-refractivity contribution in [1.29, 1.82) is 0 Å². The number of rotatable bonds is 7. The van der Waals surface area contributed by atoms with E-state index in [1.165, 1.54) is 39.7 Å². The molecule has 2 aliphatic heterocycles. The molecule has 1 saturated carbocycles. The molecule has 0 unspecified atom stereocenters. The van der Waals surface area contributed by atoms with Crippen molar-refractivity contribution in [3.05, 3.63) is 61.8 Å². The maximum absolute atomic E-state index is 13.8. The fourth-order valence-electron chi connectivity index (χ4n) is 5.92. The molecule has 10 nitrogen and oxygen atoms in total. The van der Waals surface area contributed by atoms with Crippen LogP contribution in [0.2, 0.25) is 5.02 Å². The van der Waals surface area contributed by atoms with Gasteiger partial charge in [-0.3, -0.25) is 23.7 Å². The Labute approximate surface area is 229 Å². The van der Waals surface area contributed by atoms with Gasteiger partial charge in [0, 0.05) is 25.8 Å². The fraction of sp³-hybridized carbons (Fsp3) is 0.481. The smallest absolute Gasteiger partial charge is 0.296 e. The Morgan fingerprint density at radius 3 is 2.56 bits per heavy atom. The van der Waals surface area contributed by atoms with E-state index >= 15 is 0 Å². The van der Waals surface area contributed by atoms with Crippen LogP contribution in [0.25, 0.3) is 0 Å². The number of amides is 3. The number of carbonyl (C=O) groups excluding carboxylic acids is 3. The van der Waals surface area contributed by atoms with Crippen molar-refractivity contribution in [1.82, 2.24) is 19.7 Å². The average molecular weight is 561 g/mol. The van der Waals surface area contributed by atoms with Gasteiger partial charge < -0.3 is 25.0 Å². The largest absolute Gasteiger partial charge is 0.502 e. The first-order chi connectivity index (χ1) is 18.4. The predicted octanol–water partition coefficient (Wildman–Crippen LogP) is 2.38. The molecule has 208 valence electrons. The van der Waals surface area contributed by atoms with Crippen LogP contribution in [0.15, 0.2) is 23.0 Å². The highest BCUT2D eigenvalue weighted by Crippen LogP contribution is 2.48. The van der Waals surface area contributed by atoms with Crippen LogP contribution in [-0.4, -0.2) is 69.5 Å². The molecule has 1 spiro atoms. The minimum absolute atomic E-state index is 0.0503. The van der Waals surface area contributed by atoms with Crippen LogP contribution in [0.5, 0.6) is 5.75 Å². The van der Waals surface area contributed by atoms with Crippen LogP contribution in [0.1, 0.15) is 65.1 Å². The van der Waals surface area contributed by atoms with Crippen molar-refractivity contribution in [3.8, 4) is 5.75 Å². The van der Waals surface area contributed by atoms with Gasteiger partial charge in [0.05, 0.1) is 22.7 Å². The van der Waals surface area contributed by atoms with Gasteiger partial charge in [0.1, 0.15) is 23.7 Å². The maximum atomic E-state index is 13.8. The molecule has 3 heterocycles. The number of fused-ring (bicyclic) bond motifs is 4. The van der Waals surface area contributed by atoms with Gasteiger partial charge in [0.2, 0.25) is 5.91 Å². The predicted molar refractivity (Wildman–Crippen MR) is 139 cm³/mol. The summed E-state index contributed by atoms with van der Waals surface area (Å²) in [5.74, 6) is -2.83. The molecule has 3 aliphatic rings.